The lowest BCUT2D eigenvalue weighted by Crippen LogP contribution is -2.41. The highest BCUT2D eigenvalue weighted by atomic mass is 35.5. The zero-order valence-electron chi connectivity index (χ0n) is 13.0. The first-order valence-corrected chi connectivity index (χ1v) is 8.32. The predicted molar refractivity (Wildman–Crippen MR) is 94.3 cm³/mol. The van der Waals surface area contributed by atoms with Crippen LogP contribution in [-0.4, -0.2) is 40.2 Å². The first-order valence-electron chi connectivity index (χ1n) is 7.56. The van der Waals surface area contributed by atoms with E-state index in [9.17, 15) is 15.3 Å². The minimum atomic E-state index is -1.30. The fourth-order valence-electron chi connectivity index (χ4n) is 2.22. The van der Waals surface area contributed by atoms with Gasteiger partial charge in [-0.3, -0.25) is 0 Å². The first-order chi connectivity index (χ1) is 11.5. The molecule has 0 saturated carbocycles. The van der Waals surface area contributed by atoms with Crippen LogP contribution in [0.4, 0.5) is 0 Å². The maximum absolute atomic E-state index is 10.0. The molecule has 0 spiro atoms. The van der Waals surface area contributed by atoms with Crippen molar-refractivity contribution in [3.8, 4) is 0 Å². The van der Waals surface area contributed by atoms with Crippen LogP contribution in [0.5, 0.6) is 0 Å². The van der Waals surface area contributed by atoms with Crippen molar-refractivity contribution in [3.63, 3.8) is 0 Å². The Morgan fingerprint density at radius 2 is 1.25 bits per heavy atom. The maximum Gasteiger partial charge on any atom is 0.108 e. The van der Waals surface area contributed by atoms with Crippen LogP contribution in [0.15, 0.2) is 48.5 Å². The van der Waals surface area contributed by atoms with Gasteiger partial charge in [0.15, 0.2) is 0 Å². The van der Waals surface area contributed by atoms with Gasteiger partial charge in [-0.15, -0.1) is 0 Å². The molecule has 0 unspecified atom stereocenters. The van der Waals surface area contributed by atoms with Crippen LogP contribution in [-0.2, 0) is 17.8 Å². The van der Waals surface area contributed by atoms with E-state index in [1.165, 1.54) is 0 Å². The Balaban J connectivity index is 1.76. The van der Waals surface area contributed by atoms with Gasteiger partial charge in [-0.05, 0) is 35.4 Å². The molecule has 6 heteroatoms. The number of rotatable bonds is 8. The molecule has 0 fully saturated rings. The molecule has 0 heterocycles. The second-order valence-electron chi connectivity index (χ2n) is 5.60. The molecule has 2 aromatic carbocycles. The highest BCUT2D eigenvalue weighted by Gasteiger charge is 2.25. The van der Waals surface area contributed by atoms with Crippen LogP contribution in [0, 0.1) is 0 Å². The normalized spacial score (nSPS) is 15.0. The van der Waals surface area contributed by atoms with Crippen molar-refractivity contribution >= 4 is 23.2 Å². The highest BCUT2D eigenvalue weighted by Crippen LogP contribution is 2.14. The third-order valence-corrected chi connectivity index (χ3v) is 4.12. The molecule has 2 rings (SSSR count). The van der Waals surface area contributed by atoms with Gasteiger partial charge in [0, 0.05) is 16.5 Å². The summed E-state index contributed by atoms with van der Waals surface area (Å²) in [4.78, 5) is 0. The monoisotopic (exact) mass is 370 g/mol. The number of aliphatic hydroxyl groups is 3. The lowest BCUT2D eigenvalue weighted by molar-refractivity contribution is -0.0896. The summed E-state index contributed by atoms with van der Waals surface area (Å²) in [5.41, 5.74) is 1.73. The molecular weight excluding hydrogens is 351 g/mol. The van der Waals surface area contributed by atoms with E-state index in [1.54, 1.807) is 36.4 Å². The van der Waals surface area contributed by atoms with Crippen molar-refractivity contribution in [2.24, 2.45) is 0 Å². The Kier molecular flexibility index (Phi) is 7.49. The van der Waals surface area contributed by atoms with Crippen LogP contribution in [0.25, 0.3) is 0 Å². The second-order valence-corrected chi connectivity index (χ2v) is 6.47. The summed E-state index contributed by atoms with van der Waals surface area (Å²) in [5, 5.41) is 31.3. The zero-order valence-corrected chi connectivity index (χ0v) is 14.5. The van der Waals surface area contributed by atoms with Gasteiger partial charge < -0.3 is 20.1 Å². The fraction of sp³-hybridized carbons (Fsp3) is 0.333. The maximum atomic E-state index is 10.0. The van der Waals surface area contributed by atoms with E-state index in [1.807, 2.05) is 12.1 Å². The summed E-state index contributed by atoms with van der Waals surface area (Å²) in [7, 11) is 0. The molecule has 0 bridgehead atoms. The summed E-state index contributed by atoms with van der Waals surface area (Å²) >= 11 is 11.6. The molecule has 0 radical (unpaired) electrons. The number of aliphatic hydroxyl groups excluding tert-OH is 3. The Labute approximate surface area is 151 Å². The summed E-state index contributed by atoms with van der Waals surface area (Å²) in [6.07, 6.45) is -3.36. The van der Waals surface area contributed by atoms with E-state index in [2.05, 4.69) is 0 Å². The zero-order chi connectivity index (χ0) is 17.5. The molecule has 2 aromatic rings. The van der Waals surface area contributed by atoms with Crippen LogP contribution < -0.4 is 0 Å². The van der Waals surface area contributed by atoms with Crippen molar-refractivity contribution in [1.29, 1.82) is 0 Å². The molecule has 4 nitrogen and oxygen atoms in total. The standard InChI is InChI=1S/C18H20Cl2O4/c19-14-5-1-12(2-6-14)9-16(21)18(23)17(22)11-24-10-13-3-7-15(20)8-4-13/h1-8,16-18,21-23H,9-11H2/t16-,17-,18-/m1/s1. The van der Waals surface area contributed by atoms with Crippen LogP contribution in [0.2, 0.25) is 10.0 Å². The molecular formula is C18H20Cl2O4. The average Bonchev–Trinajstić information content (AvgIpc) is 2.58. The number of benzene rings is 2. The summed E-state index contributed by atoms with van der Waals surface area (Å²) < 4.78 is 5.38. The molecule has 0 amide bonds. The van der Waals surface area contributed by atoms with Crippen molar-refractivity contribution in [1.82, 2.24) is 0 Å². The third-order valence-electron chi connectivity index (χ3n) is 3.62. The van der Waals surface area contributed by atoms with Crippen LogP contribution >= 0.6 is 23.2 Å². The summed E-state index contributed by atoms with van der Waals surface area (Å²) in [6, 6.07) is 14.1. The molecule has 130 valence electrons. The minimum absolute atomic E-state index is 0.0819. The molecule has 0 aliphatic carbocycles. The quantitative estimate of drug-likeness (QED) is 0.668. The van der Waals surface area contributed by atoms with Crippen molar-refractivity contribution < 1.29 is 20.1 Å². The lowest BCUT2D eigenvalue weighted by Gasteiger charge is -2.23. The Hall–Kier alpha value is -1.14. The van der Waals surface area contributed by atoms with E-state index in [4.69, 9.17) is 27.9 Å². The smallest absolute Gasteiger partial charge is 0.108 e. The molecule has 0 aromatic heterocycles. The van der Waals surface area contributed by atoms with Gasteiger partial charge in [0.05, 0.1) is 19.3 Å². The summed E-state index contributed by atoms with van der Waals surface area (Å²) in [5.74, 6) is 0. The Morgan fingerprint density at radius 1 is 0.750 bits per heavy atom. The van der Waals surface area contributed by atoms with Crippen LogP contribution in [0.3, 0.4) is 0 Å². The summed E-state index contributed by atoms with van der Waals surface area (Å²) in [6.45, 7) is 0.204. The molecule has 0 aliphatic rings. The van der Waals surface area contributed by atoms with E-state index >= 15 is 0 Å². The fourth-order valence-corrected chi connectivity index (χ4v) is 2.47. The van der Waals surface area contributed by atoms with Gasteiger partial charge in [-0.1, -0.05) is 47.5 Å². The van der Waals surface area contributed by atoms with E-state index in [-0.39, 0.29) is 19.6 Å². The minimum Gasteiger partial charge on any atom is -0.390 e. The van der Waals surface area contributed by atoms with Crippen molar-refractivity contribution in [2.75, 3.05) is 6.61 Å². The largest absolute Gasteiger partial charge is 0.390 e. The first kappa shape index (κ1) is 19.2. The number of ether oxygens (including phenoxy) is 1. The number of hydrogen-bond donors (Lipinski definition) is 3. The van der Waals surface area contributed by atoms with E-state index in [0.717, 1.165) is 11.1 Å². The van der Waals surface area contributed by atoms with Crippen molar-refractivity contribution in [3.05, 3.63) is 69.7 Å². The van der Waals surface area contributed by atoms with Gasteiger partial charge in [0.2, 0.25) is 0 Å². The van der Waals surface area contributed by atoms with Gasteiger partial charge in [-0.2, -0.15) is 0 Å². The molecule has 0 aliphatic heterocycles. The average molecular weight is 371 g/mol. The van der Waals surface area contributed by atoms with E-state index < -0.39 is 18.3 Å². The van der Waals surface area contributed by atoms with Gasteiger partial charge >= 0.3 is 0 Å². The molecule has 24 heavy (non-hydrogen) atoms. The van der Waals surface area contributed by atoms with E-state index in [0.29, 0.717) is 10.0 Å². The topological polar surface area (TPSA) is 69.9 Å². The predicted octanol–water partition coefficient (Wildman–Crippen LogP) is 2.84. The lowest BCUT2D eigenvalue weighted by atomic mass is 10.0. The molecule has 0 saturated heterocycles. The van der Waals surface area contributed by atoms with Crippen LogP contribution in [0.1, 0.15) is 11.1 Å². The molecule has 3 N–H and O–H groups in total. The Bertz CT molecular complexity index is 616. The SMILES string of the molecule is O[C@@H]([C@H](O)COCc1ccc(Cl)cc1)[C@H](O)Cc1ccc(Cl)cc1. The highest BCUT2D eigenvalue weighted by molar-refractivity contribution is 6.30. The third kappa shape index (κ3) is 6.06. The molecule has 3 atom stereocenters. The van der Waals surface area contributed by atoms with Gasteiger partial charge in [0.1, 0.15) is 12.2 Å². The number of hydrogen-bond acceptors (Lipinski definition) is 4. The van der Waals surface area contributed by atoms with Crippen molar-refractivity contribution in [2.45, 2.75) is 31.3 Å². The number of halogens is 2. The second kappa shape index (κ2) is 9.37. The van der Waals surface area contributed by atoms with Gasteiger partial charge in [0.25, 0.3) is 0 Å². The Morgan fingerprint density at radius 3 is 1.79 bits per heavy atom. The van der Waals surface area contributed by atoms with Gasteiger partial charge in [-0.25, -0.2) is 0 Å².